The van der Waals surface area contributed by atoms with Crippen LogP contribution in [0.3, 0.4) is 0 Å². The number of ketones is 1. The highest BCUT2D eigenvalue weighted by molar-refractivity contribution is 7.98. The molecule has 1 aromatic heterocycles. The van der Waals surface area contributed by atoms with E-state index in [9.17, 15) is 9.59 Å². The molecule has 1 heterocycles. The van der Waals surface area contributed by atoms with E-state index in [1.165, 1.54) is 0 Å². The third kappa shape index (κ3) is 3.21. The van der Waals surface area contributed by atoms with Crippen molar-refractivity contribution in [2.24, 2.45) is 0 Å². The first-order valence-electron chi connectivity index (χ1n) is 7.55. The minimum atomic E-state index is -0.850. The van der Waals surface area contributed by atoms with Crippen LogP contribution in [-0.2, 0) is 4.74 Å². The van der Waals surface area contributed by atoms with Crippen LogP contribution in [0.25, 0.3) is 10.9 Å². The van der Waals surface area contributed by atoms with Crippen molar-refractivity contribution in [1.82, 2.24) is 4.98 Å². The Bertz CT molecular complexity index is 883. The van der Waals surface area contributed by atoms with E-state index in [4.69, 9.17) is 4.74 Å². The predicted octanol–water partition coefficient (Wildman–Crippen LogP) is 4.32. The molecule has 3 rings (SSSR count). The quantitative estimate of drug-likeness (QED) is 0.427. The molecule has 0 fully saturated rings. The highest BCUT2D eigenvalue weighted by Crippen LogP contribution is 2.21. The lowest BCUT2D eigenvalue weighted by atomic mass is 10.1. The summed E-state index contributed by atoms with van der Waals surface area (Å²) >= 11 is 1.60. The van der Waals surface area contributed by atoms with E-state index in [0.29, 0.717) is 11.1 Å². The summed E-state index contributed by atoms with van der Waals surface area (Å²) in [7, 11) is 0. The monoisotopic (exact) mass is 339 g/mol. The molecule has 2 aromatic carbocycles. The van der Waals surface area contributed by atoms with Crippen molar-refractivity contribution < 1.29 is 14.3 Å². The van der Waals surface area contributed by atoms with Crippen LogP contribution in [0.4, 0.5) is 0 Å². The molecule has 1 N–H and O–H groups in total. The van der Waals surface area contributed by atoms with Gasteiger partial charge < -0.3 is 9.72 Å². The first-order chi connectivity index (χ1) is 11.6. The molecule has 122 valence electrons. The molecule has 0 aliphatic rings. The zero-order chi connectivity index (χ0) is 17.1. The Kier molecular flexibility index (Phi) is 4.71. The number of fused-ring (bicyclic) bond motifs is 1. The van der Waals surface area contributed by atoms with Crippen molar-refractivity contribution in [3.63, 3.8) is 0 Å². The average molecular weight is 339 g/mol. The maximum absolute atomic E-state index is 12.6. The van der Waals surface area contributed by atoms with E-state index in [0.717, 1.165) is 15.8 Å². The number of para-hydroxylation sites is 1. The van der Waals surface area contributed by atoms with Gasteiger partial charge in [-0.25, -0.2) is 4.79 Å². The van der Waals surface area contributed by atoms with Crippen LogP contribution in [0.5, 0.6) is 0 Å². The van der Waals surface area contributed by atoms with Crippen LogP contribution in [0.15, 0.2) is 59.6 Å². The molecule has 0 unspecified atom stereocenters. The minimum Gasteiger partial charge on any atom is -0.451 e. The van der Waals surface area contributed by atoms with Gasteiger partial charge >= 0.3 is 5.97 Å². The fourth-order valence-corrected chi connectivity index (χ4v) is 2.91. The van der Waals surface area contributed by atoms with Crippen molar-refractivity contribution in [3.8, 4) is 0 Å². The second-order valence-corrected chi connectivity index (χ2v) is 6.27. The number of rotatable bonds is 5. The van der Waals surface area contributed by atoms with Gasteiger partial charge in [-0.1, -0.05) is 18.2 Å². The number of Topliss-reactive ketones (excluding diaryl/α,β-unsaturated/α-hetero) is 1. The molecule has 0 amide bonds. The molecule has 0 saturated carbocycles. The van der Waals surface area contributed by atoms with Crippen LogP contribution in [0.1, 0.15) is 27.6 Å². The Balaban J connectivity index is 1.74. The first-order valence-corrected chi connectivity index (χ1v) is 8.78. The van der Waals surface area contributed by atoms with E-state index in [1.54, 1.807) is 37.0 Å². The summed E-state index contributed by atoms with van der Waals surface area (Å²) < 4.78 is 5.34. The summed E-state index contributed by atoms with van der Waals surface area (Å²) in [5.41, 5.74) is 1.85. The molecule has 1 atom stereocenters. The number of hydrogen-bond donors (Lipinski definition) is 1. The highest BCUT2D eigenvalue weighted by Gasteiger charge is 2.22. The topological polar surface area (TPSA) is 59.2 Å². The molecule has 0 saturated heterocycles. The normalized spacial score (nSPS) is 12.1. The number of esters is 1. The molecule has 0 aliphatic carbocycles. The fraction of sp³-hybridized carbons (Fsp3) is 0.158. The lowest BCUT2D eigenvalue weighted by Gasteiger charge is -2.12. The number of aromatic amines is 1. The van der Waals surface area contributed by atoms with Crippen molar-refractivity contribution >= 4 is 34.4 Å². The van der Waals surface area contributed by atoms with Gasteiger partial charge in [-0.3, -0.25) is 4.79 Å². The number of ether oxygens (including phenoxy) is 1. The van der Waals surface area contributed by atoms with Crippen LogP contribution < -0.4 is 0 Å². The van der Waals surface area contributed by atoms with E-state index >= 15 is 0 Å². The summed E-state index contributed by atoms with van der Waals surface area (Å²) in [4.78, 5) is 28.9. The van der Waals surface area contributed by atoms with Gasteiger partial charge in [0.05, 0.1) is 5.56 Å². The smallest absolute Gasteiger partial charge is 0.338 e. The maximum atomic E-state index is 12.6. The number of carbonyl (C=O) groups is 2. The number of hydrogen-bond acceptors (Lipinski definition) is 4. The third-order valence-electron chi connectivity index (χ3n) is 3.83. The molecule has 0 radical (unpaired) electrons. The van der Waals surface area contributed by atoms with Crippen molar-refractivity contribution in [3.05, 3.63) is 65.9 Å². The van der Waals surface area contributed by atoms with E-state index in [-0.39, 0.29) is 5.78 Å². The van der Waals surface area contributed by atoms with Crippen molar-refractivity contribution in [2.45, 2.75) is 17.9 Å². The number of aromatic nitrogens is 1. The van der Waals surface area contributed by atoms with Crippen LogP contribution >= 0.6 is 11.8 Å². The maximum Gasteiger partial charge on any atom is 0.338 e. The zero-order valence-electron chi connectivity index (χ0n) is 13.4. The minimum absolute atomic E-state index is 0.221. The fourth-order valence-electron chi connectivity index (χ4n) is 2.50. The standard InChI is InChI=1S/C19H17NO3S/c1-12(23-19(22)13-7-9-14(24-2)10-8-13)18(21)16-11-20-17-6-4-3-5-15(16)17/h3-12,20H,1-2H3/t12-/m1/s1. The number of benzene rings is 2. The van der Waals surface area contributed by atoms with Crippen LogP contribution in [-0.4, -0.2) is 29.1 Å². The molecule has 24 heavy (non-hydrogen) atoms. The van der Waals surface area contributed by atoms with Gasteiger partial charge in [0, 0.05) is 27.6 Å². The lowest BCUT2D eigenvalue weighted by molar-refractivity contribution is 0.0319. The Morgan fingerprint density at radius 1 is 1.08 bits per heavy atom. The molecular weight excluding hydrogens is 322 g/mol. The molecule has 5 heteroatoms. The van der Waals surface area contributed by atoms with E-state index in [2.05, 4.69) is 4.98 Å². The summed E-state index contributed by atoms with van der Waals surface area (Å²) in [6.07, 6.45) is 2.77. The van der Waals surface area contributed by atoms with E-state index < -0.39 is 12.1 Å². The molecule has 4 nitrogen and oxygen atoms in total. The van der Waals surface area contributed by atoms with Crippen molar-refractivity contribution in [1.29, 1.82) is 0 Å². The summed E-state index contributed by atoms with van der Waals surface area (Å²) in [5, 5.41) is 0.828. The van der Waals surface area contributed by atoms with Crippen LogP contribution in [0, 0.1) is 0 Å². The van der Waals surface area contributed by atoms with Gasteiger partial charge in [-0.15, -0.1) is 11.8 Å². The summed E-state index contributed by atoms with van der Waals surface area (Å²) in [5.74, 6) is -0.718. The number of carbonyl (C=O) groups excluding carboxylic acids is 2. The summed E-state index contributed by atoms with van der Waals surface area (Å²) in [6.45, 7) is 1.60. The Hall–Kier alpha value is -2.53. The number of thioether (sulfide) groups is 1. The Morgan fingerprint density at radius 2 is 1.79 bits per heavy atom. The summed E-state index contributed by atoms with van der Waals surface area (Å²) in [6, 6.07) is 14.7. The Labute approximate surface area is 144 Å². The SMILES string of the molecule is CSc1ccc(C(=O)O[C@H](C)C(=O)c2c[nH]c3ccccc23)cc1. The number of nitrogens with one attached hydrogen (secondary N) is 1. The molecule has 3 aromatic rings. The molecule has 0 bridgehead atoms. The number of H-pyrrole nitrogens is 1. The molecule has 0 aliphatic heterocycles. The van der Waals surface area contributed by atoms with Gasteiger partial charge in [0.1, 0.15) is 0 Å². The molecular formula is C19H17NO3S. The largest absolute Gasteiger partial charge is 0.451 e. The first kappa shape index (κ1) is 16.3. The zero-order valence-corrected chi connectivity index (χ0v) is 14.2. The predicted molar refractivity (Wildman–Crippen MR) is 95.7 cm³/mol. The van der Waals surface area contributed by atoms with Gasteiger partial charge in [-0.2, -0.15) is 0 Å². The Morgan fingerprint density at radius 3 is 2.50 bits per heavy atom. The van der Waals surface area contributed by atoms with E-state index in [1.807, 2.05) is 42.7 Å². The third-order valence-corrected chi connectivity index (χ3v) is 4.58. The highest BCUT2D eigenvalue weighted by atomic mass is 32.2. The van der Waals surface area contributed by atoms with Gasteiger partial charge in [-0.05, 0) is 43.5 Å². The van der Waals surface area contributed by atoms with Gasteiger partial charge in [0.2, 0.25) is 5.78 Å². The molecule has 0 spiro atoms. The lowest BCUT2D eigenvalue weighted by Crippen LogP contribution is -2.24. The van der Waals surface area contributed by atoms with Gasteiger partial charge in [0.25, 0.3) is 0 Å². The van der Waals surface area contributed by atoms with Crippen molar-refractivity contribution in [2.75, 3.05) is 6.26 Å². The second-order valence-electron chi connectivity index (χ2n) is 5.39. The second kappa shape index (κ2) is 6.93. The van der Waals surface area contributed by atoms with Gasteiger partial charge in [0.15, 0.2) is 6.10 Å². The van der Waals surface area contributed by atoms with Crippen LogP contribution in [0.2, 0.25) is 0 Å². The average Bonchev–Trinajstić information content (AvgIpc) is 3.05.